The van der Waals surface area contributed by atoms with Gasteiger partial charge >= 0.3 is 0 Å². The van der Waals surface area contributed by atoms with Crippen LogP contribution in [0.15, 0.2) is 18.2 Å². The average Bonchev–Trinajstić information content (AvgIpc) is 2.82. The molecule has 18 heavy (non-hydrogen) atoms. The van der Waals surface area contributed by atoms with Gasteiger partial charge in [-0.15, -0.1) is 0 Å². The maximum Gasteiger partial charge on any atom is 0.0936 e. The summed E-state index contributed by atoms with van der Waals surface area (Å²) >= 11 is 0. The van der Waals surface area contributed by atoms with Crippen molar-refractivity contribution < 1.29 is 5.11 Å². The zero-order valence-corrected chi connectivity index (χ0v) is 11.8. The molecule has 2 nitrogen and oxygen atoms in total. The summed E-state index contributed by atoms with van der Waals surface area (Å²) < 4.78 is 0. The fourth-order valence-electron chi connectivity index (χ4n) is 3.29. The van der Waals surface area contributed by atoms with Crippen molar-refractivity contribution >= 4 is 0 Å². The fraction of sp³-hybridized carbons (Fsp3) is 0.625. The SMILES string of the molecule is Cc1ccc(C(C)(O)C2(CN)CCCC2)cc1C. The van der Waals surface area contributed by atoms with Crippen molar-refractivity contribution in [3.63, 3.8) is 0 Å². The van der Waals surface area contributed by atoms with Crippen LogP contribution >= 0.6 is 0 Å². The molecule has 0 bridgehead atoms. The molecule has 100 valence electrons. The summed E-state index contributed by atoms with van der Waals surface area (Å²) in [6.45, 7) is 6.70. The predicted octanol–water partition coefficient (Wildman–Crippen LogP) is 3.03. The van der Waals surface area contributed by atoms with Crippen molar-refractivity contribution in [1.29, 1.82) is 0 Å². The third kappa shape index (κ3) is 1.98. The summed E-state index contributed by atoms with van der Waals surface area (Å²) in [5, 5.41) is 11.1. The van der Waals surface area contributed by atoms with Gasteiger partial charge in [0, 0.05) is 12.0 Å². The molecule has 1 aliphatic rings. The van der Waals surface area contributed by atoms with Crippen LogP contribution in [0.3, 0.4) is 0 Å². The van der Waals surface area contributed by atoms with Gasteiger partial charge in [0.1, 0.15) is 0 Å². The monoisotopic (exact) mass is 247 g/mol. The minimum Gasteiger partial charge on any atom is -0.385 e. The van der Waals surface area contributed by atoms with Crippen molar-refractivity contribution in [3.8, 4) is 0 Å². The Labute approximate surface area is 110 Å². The maximum atomic E-state index is 11.1. The third-order valence-corrected chi connectivity index (χ3v) is 5.05. The second kappa shape index (κ2) is 4.67. The molecule has 0 heterocycles. The number of rotatable bonds is 3. The Kier molecular flexibility index (Phi) is 3.52. The quantitative estimate of drug-likeness (QED) is 0.862. The Bertz CT molecular complexity index is 431. The molecule has 1 aromatic carbocycles. The smallest absolute Gasteiger partial charge is 0.0936 e. The molecular weight excluding hydrogens is 222 g/mol. The number of hydrogen-bond acceptors (Lipinski definition) is 2. The van der Waals surface area contributed by atoms with Gasteiger partial charge < -0.3 is 10.8 Å². The van der Waals surface area contributed by atoms with Gasteiger partial charge in [-0.1, -0.05) is 31.0 Å². The summed E-state index contributed by atoms with van der Waals surface area (Å²) in [4.78, 5) is 0. The van der Waals surface area contributed by atoms with Gasteiger partial charge in [0.15, 0.2) is 0 Å². The molecule has 1 aromatic rings. The summed E-state index contributed by atoms with van der Waals surface area (Å²) in [5.74, 6) is 0. The molecule has 1 fully saturated rings. The minimum atomic E-state index is -0.823. The number of nitrogens with two attached hydrogens (primary N) is 1. The van der Waals surface area contributed by atoms with Crippen LogP contribution < -0.4 is 5.73 Å². The predicted molar refractivity (Wildman–Crippen MR) is 75.4 cm³/mol. The maximum absolute atomic E-state index is 11.1. The van der Waals surface area contributed by atoms with Gasteiger partial charge in [-0.25, -0.2) is 0 Å². The summed E-state index contributed by atoms with van der Waals surface area (Å²) in [6.07, 6.45) is 4.42. The second-order valence-electron chi connectivity index (χ2n) is 6.06. The zero-order valence-electron chi connectivity index (χ0n) is 11.8. The van der Waals surface area contributed by atoms with E-state index in [2.05, 4.69) is 32.0 Å². The fourth-order valence-corrected chi connectivity index (χ4v) is 3.29. The first-order chi connectivity index (χ1) is 8.43. The van der Waals surface area contributed by atoms with Gasteiger partial charge in [-0.05, 0) is 50.3 Å². The molecular formula is C16H25NO. The van der Waals surface area contributed by atoms with E-state index in [1.807, 2.05) is 6.92 Å². The number of hydrogen-bond donors (Lipinski definition) is 2. The van der Waals surface area contributed by atoms with E-state index in [0.717, 1.165) is 18.4 Å². The van der Waals surface area contributed by atoms with Crippen molar-refractivity contribution in [2.45, 2.75) is 52.1 Å². The van der Waals surface area contributed by atoms with E-state index in [-0.39, 0.29) is 5.41 Å². The highest BCUT2D eigenvalue weighted by molar-refractivity contribution is 5.34. The number of aryl methyl sites for hydroxylation is 2. The Morgan fingerprint density at radius 1 is 1.22 bits per heavy atom. The molecule has 2 rings (SSSR count). The molecule has 1 unspecified atom stereocenters. The van der Waals surface area contributed by atoms with Crippen LogP contribution in [0.2, 0.25) is 0 Å². The van der Waals surface area contributed by atoms with Gasteiger partial charge in [-0.3, -0.25) is 0 Å². The highest BCUT2D eigenvalue weighted by atomic mass is 16.3. The summed E-state index contributed by atoms with van der Waals surface area (Å²) in [6, 6.07) is 6.27. The Morgan fingerprint density at radius 2 is 1.83 bits per heavy atom. The van der Waals surface area contributed by atoms with E-state index in [9.17, 15) is 5.11 Å². The van der Waals surface area contributed by atoms with E-state index >= 15 is 0 Å². The second-order valence-corrected chi connectivity index (χ2v) is 6.06. The van der Waals surface area contributed by atoms with E-state index < -0.39 is 5.60 Å². The molecule has 1 saturated carbocycles. The molecule has 0 saturated heterocycles. The Hall–Kier alpha value is -0.860. The molecule has 1 atom stereocenters. The van der Waals surface area contributed by atoms with Crippen LogP contribution in [0.4, 0.5) is 0 Å². The first kappa shape index (κ1) is 13.6. The Balaban J connectivity index is 2.42. The van der Waals surface area contributed by atoms with Crippen molar-refractivity contribution in [2.24, 2.45) is 11.1 Å². The van der Waals surface area contributed by atoms with Gasteiger partial charge in [0.25, 0.3) is 0 Å². The lowest BCUT2D eigenvalue weighted by Gasteiger charge is -2.43. The highest BCUT2D eigenvalue weighted by Crippen LogP contribution is 2.50. The van der Waals surface area contributed by atoms with Gasteiger partial charge in [0.2, 0.25) is 0 Å². The summed E-state index contributed by atoms with van der Waals surface area (Å²) in [7, 11) is 0. The van der Waals surface area contributed by atoms with Crippen LogP contribution in [-0.2, 0) is 5.60 Å². The Morgan fingerprint density at radius 3 is 2.33 bits per heavy atom. The van der Waals surface area contributed by atoms with Crippen molar-refractivity contribution in [1.82, 2.24) is 0 Å². The van der Waals surface area contributed by atoms with E-state index in [1.54, 1.807) is 0 Å². The molecule has 0 aromatic heterocycles. The average molecular weight is 247 g/mol. The van der Waals surface area contributed by atoms with Crippen LogP contribution in [0.1, 0.15) is 49.3 Å². The lowest BCUT2D eigenvalue weighted by atomic mass is 9.67. The largest absolute Gasteiger partial charge is 0.385 e. The highest BCUT2D eigenvalue weighted by Gasteiger charge is 2.48. The zero-order chi connectivity index (χ0) is 13.4. The van der Waals surface area contributed by atoms with Crippen LogP contribution in [-0.4, -0.2) is 11.7 Å². The lowest BCUT2D eigenvalue weighted by molar-refractivity contribution is -0.0694. The lowest BCUT2D eigenvalue weighted by Crippen LogP contribution is -2.46. The van der Waals surface area contributed by atoms with E-state index in [4.69, 9.17) is 5.73 Å². The molecule has 0 amide bonds. The molecule has 1 aliphatic carbocycles. The molecule has 3 N–H and O–H groups in total. The number of benzene rings is 1. The van der Waals surface area contributed by atoms with E-state index in [1.165, 1.54) is 24.0 Å². The third-order valence-electron chi connectivity index (χ3n) is 5.05. The van der Waals surface area contributed by atoms with E-state index in [0.29, 0.717) is 6.54 Å². The van der Waals surface area contributed by atoms with Crippen molar-refractivity contribution in [2.75, 3.05) is 6.54 Å². The first-order valence-corrected chi connectivity index (χ1v) is 6.93. The summed E-state index contributed by atoms with van der Waals surface area (Å²) in [5.41, 5.74) is 8.55. The number of aliphatic hydroxyl groups is 1. The molecule has 0 radical (unpaired) electrons. The molecule has 2 heteroatoms. The topological polar surface area (TPSA) is 46.2 Å². The van der Waals surface area contributed by atoms with Gasteiger partial charge in [0.05, 0.1) is 5.60 Å². The first-order valence-electron chi connectivity index (χ1n) is 6.93. The molecule has 0 spiro atoms. The van der Waals surface area contributed by atoms with Gasteiger partial charge in [-0.2, -0.15) is 0 Å². The van der Waals surface area contributed by atoms with Crippen LogP contribution in [0.25, 0.3) is 0 Å². The standard InChI is InChI=1S/C16H25NO/c1-12-6-7-14(10-13(12)2)15(3,18)16(11-17)8-4-5-9-16/h6-7,10,18H,4-5,8-9,11,17H2,1-3H3. The van der Waals surface area contributed by atoms with Crippen molar-refractivity contribution in [3.05, 3.63) is 34.9 Å². The van der Waals surface area contributed by atoms with Crippen LogP contribution in [0.5, 0.6) is 0 Å². The molecule has 0 aliphatic heterocycles. The minimum absolute atomic E-state index is 0.144. The normalized spacial score (nSPS) is 21.8. The van der Waals surface area contributed by atoms with Crippen LogP contribution in [0, 0.1) is 19.3 Å².